The zero-order valence-electron chi connectivity index (χ0n) is 8.22. The summed E-state index contributed by atoms with van der Waals surface area (Å²) >= 11 is 3.50. The molecule has 4 heteroatoms. The van der Waals surface area contributed by atoms with Crippen LogP contribution in [0.3, 0.4) is 0 Å². The van der Waals surface area contributed by atoms with Gasteiger partial charge in [-0.2, -0.15) is 0 Å². The quantitative estimate of drug-likeness (QED) is 0.640. The maximum absolute atomic E-state index is 10.7. The Morgan fingerprint density at radius 2 is 2.12 bits per heavy atom. The number of pyridine rings is 1. The topological polar surface area (TPSA) is 34.4 Å². The number of hydrogen-bond donors (Lipinski definition) is 0. The van der Waals surface area contributed by atoms with Crippen LogP contribution >= 0.6 is 15.9 Å². The minimum Gasteiger partial charge on any atom is -0.306 e. The van der Waals surface area contributed by atoms with Crippen molar-refractivity contribution in [3.05, 3.63) is 46.8 Å². The second kappa shape index (κ2) is 3.42. The summed E-state index contributed by atoms with van der Waals surface area (Å²) in [4.78, 5) is 15.0. The highest BCUT2D eigenvalue weighted by Crippen LogP contribution is 2.26. The summed E-state index contributed by atoms with van der Waals surface area (Å²) in [7, 11) is 0. The Morgan fingerprint density at radius 1 is 1.25 bits per heavy atom. The lowest BCUT2D eigenvalue weighted by Crippen LogP contribution is -1.84. The number of hydrogen-bond acceptors (Lipinski definition) is 2. The van der Waals surface area contributed by atoms with E-state index in [0.29, 0.717) is 5.69 Å². The van der Waals surface area contributed by atoms with Crippen LogP contribution in [0.5, 0.6) is 0 Å². The fraction of sp³-hybridized carbons (Fsp3) is 0. The smallest absolute Gasteiger partial charge is 0.170 e. The van der Waals surface area contributed by atoms with Crippen LogP contribution in [0, 0.1) is 0 Å². The minimum atomic E-state index is 0.451. The average molecular weight is 275 g/mol. The summed E-state index contributed by atoms with van der Waals surface area (Å²) in [5.41, 5.74) is 1.26. The molecule has 0 fully saturated rings. The molecule has 3 rings (SSSR count). The van der Waals surface area contributed by atoms with Crippen LogP contribution in [0.25, 0.3) is 16.4 Å². The summed E-state index contributed by atoms with van der Waals surface area (Å²) in [5, 5.41) is 2.13. The van der Waals surface area contributed by atoms with Crippen molar-refractivity contribution in [2.24, 2.45) is 0 Å². The summed E-state index contributed by atoms with van der Waals surface area (Å²) in [5.74, 6) is 0. The van der Waals surface area contributed by atoms with E-state index in [-0.39, 0.29) is 0 Å². The van der Waals surface area contributed by atoms with Crippen molar-refractivity contribution >= 4 is 38.6 Å². The summed E-state index contributed by atoms with van der Waals surface area (Å²) in [6.45, 7) is 0. The largest absolute Gasteiger partial charge is 0.306 e. The third-order valence-corrected chi connectivity index (χ3v) is 3.26. The Labute approximate surface area is 99.8 Å². The van der Waals surface area contributed by atoms with Crippen molar-refractivity contribution in [3.63, 3.8) is 0 Å². The normalized spacial score (nSPS) is 11.1. The van der Waals surface area contributed by atoms with Gasteiger partial charge < -0.3 is 4.40 Å². The maximum atomic E-state index is 10.7. The number of halogens is 1. The molecule has 0 aliphatic carbocycles. The monoisotopic (exact) mass is 274 g/mol. The van der Waals surface area contributed by atoms with E-state index in [9.17, 15) is 4.79 Å². The highest BCUT2D eigenvalue weighted by Gasteiger charge is 2.06. The lowest BCUT2D eigenvalue weighted by Gasteiger charge is -2.01. The van der Waals surface area contributed by atoms with Gasteiger partial charge in [0, 0.05) is 27.6 Å². The standard InChI is InChI=1S/C12H7BrN2O/c13-11-3-1-2-10-9(11)4-5-15-6-8(7-16)14-12(10)15/h1-7H. The number of imidazole rings is 1. The number of fused-ring (bicyclic) bond motifs is 3. The van der Waals surface area contributed by atoms with Gasteiger partial charge in [0.1, 0.15) is 11.3 Å². The molecule has 2 heterocycles. The predicted molar refractivity (Wildman–Crippen MR) is 65.8 cm³/mol. The summed E-state index contributed by atoms with van der Waals surface area (Å²) < 4.78 is 2.89. The number of aldehydes is 1. The highest BCUT2D eigenvalue weighted by atomic mass is 79.9. The molecule has 1 aromatic carbocycles. The second-order valence-corrected chi connectivity index (χ2v) is 4.39. The van der Waals surface area contributed by atoms with E-state index in [1.807, 2.05) is 34.9 Å². The fourth-order valence-corrected chi connectivity index (χ4v) is 2.34. The van der Waals surface area contributed by atoms with Gasteiger partial charge in [0.2, 0.25) is 0 Å². The molecule has 0 atom stereocenters. The molecule has 78 valence electrons. The minimum absolute atomic E-state index is 0.451. The van der Waals surface area contributed by atoms with Crippen LogP contribution in [0.1, 0.15) is 10.5 Å². The Hall–Kier alpha value is -1.68. The molecule has 0 unspecified atom stereocenters. The van der Waals surface area contributed by atoms with Gasteiger partial charge in [0.15, 0.2) is 6.29 Å². The van der Waals surface area contributed by atoms with Gasteiger partial charge in [0.25, 0.3) is 0 Å². The number of carbonyl (C=O) groups is 1. The molecule has 0 spiro atoms. The lowest BCUT2D eigenvalue weighted by atomic mass is 10.2. The van der Waals surface area contributed by atoms with Gasteiger partial charge in [-0.3, -0.25) is 4.79 Å². The molecule has 16 heavy (non-hydrogen) atoms. The van der Waals surface area contributed by atoms with Crippen LogP contribution in [0.4, 0.5) is 0 Å². The van der Waals surface area contributed by atoms with E-state index in [1.54, 1.807) is 6.20 Å². The second-order valence-electron chi connectivity index (χ2n) is 3.53. The Bertz CT molecular complexity index is 703. The summed E-state index contributed by atoms with van der Waals surface area (Å²) in [6.07, 6.45) is 4.39. The van der Waals surface area contributed by atoms with Crippen LogP contribution in [0.15, 0.2) is 41.1 Å². The molecule has 0 amide bonds. The van der Waals surface area contributed by atoms with Gasteiger partial charge in [-0.15, -0.1) is 0 Å². The molecule has 3 nitrogen and oxygen atoms in total. The van der Waals surface area contributed by atoms with Crippen LogP contribution in [-0.2, 0) is 0 Å². The highest BCUT2D eigenvalue weighted by molar-refractivity contribution is 9.10. The van der Waals surface area contributed by atoms with E-state index in [2.05, 4.69) is 20.9 Å². The van der Waals surface area contributed by atoms with Crippen molar-refractivity contribution in [2.45, 2.75) is 0 Å². The van der Waals surface area contributed by atoms with Gasteiger partial charge in [-0.25, -0.2) is 4.98 Å². The molecule has 0 saturated carbocycles. The number of rotatable bonds is 1. The van der Waals surface area contributed by atoms with Gasteiger partial charge in [-0.1, -0.05) is 28.1 Å². The number of benzene rings is 1. The average Bonchev–Trinajstić information content (AvgIpc) is 2.72. The molecule has 0 aliphatic heterocycles. The van der Waals surface area contributed by atoms with Gasteiger partial charge >= 0.3 is 0 Å². The molecule has 0 radical (unpaired) electrons. The number of nitrogens with zero attached hydrogens (tertiary/aromatic N) is 2. The van der Waals surface area contributed by atoms with Crippen LogP contribution < -0.4 is 0 Å². The van der Waals surface area contributed by atoms with Crippen molar-refractivity contribution in [3.8, 4) is 0 Å². The van der Waals surface area contributed by atoms with E-state index in [1.165, 1.54) is 0 Å². The molecule has 0 N–H and O–H groups in total. The number of carbonyl (C=O) groups excluding carboxylic acids is 1. The molecule has 0 saturated heterocycles. The number of aromatic nitrogens is 2. The maximum Gasteiger partial charge on any atom is 0.170 e. The van der Waals surface area contributed by atoms with Crippen LogP contribution in [-0.4, -0.2) is 15.7 Å². The first-order valence-corrected chi connectivity index (χ1v) is 5.60. The van der Waals surface area contributed by atoms with E-state index in [0.717, 1.165) is 27.2 Å². The van der Waals surface area contributed by atoms with Crippen molar-refractivity contribution in [1.82, 2.24) is 9.38 Å². The SMILES string of the molecule is O=Cc1cn2ccc3c(Br)cccc3c2n1. The Balaban J connectivity index is 2.53. The predicted octanol–water partition coefficient (Wildman–Crippen LogP) is 3.06. The van der Waals surface area contributed by atoms with Gasteiger partial charge in [-0.05, 0) is 12.1 Å². The Morgan fingerprint density at radius 3 is 2.94 bits per heavy atom. The third-order valence-electron chi connectivity index (χ3n) is 2.57. The van der Waals surface area contributed by atoms with Crippen LogP contribution in [0.2, 0.25) is 0 Å². The van der Waals surface area contributed by atoms with Crippen molar-refractivity contribution < 1.29 is 4.79 Å². The third kappa shape index (κ3) is 1.27. The van der Waals surface area contributed by atoms with Gasteiger partial charge in [0.05, 0.1) is 0 Å². The molecule has 0 aliphatic rings. The molecular weight excluding hydrogens is 268 g/mol. The van der Waals surface area contributed by atoms with E-state index in [4.69, 9.17) is 0 Å². The summed E-state index contributed by atoms with van der Waals surface area (Å²) in [6, 6.07) is 7.95. The van der Waals surface area contributed by atoms with Crippen molar-refractivity contribution in [1.29, 1.82) is 0 Å². The van der Waals surface area contributed by atoms with Crippen molar-refractivity contribution in [2.75, 3.05) is 0 Å². The zero-order valence-corrected chi connectivity index (χ0v) is 9.81. The Kier molecular flexibility index (Phi) is 2.04. The zero-order chi connectivity index (χ0) is 11.1. The lowest BCUT2D eigenvalue weighted by molar-refractivity contribution is 0.111. The molecule has 0 bridgehead atoms. The molecular formula is C12H7BrN2O. The van der Waals surface area contributed by atoms with E-state index >= 15 is 0 Å². The first-order chi connectivity index (χ1) is 7.79. The molecule has 2 aromatic heterocycles. The first kappa shape index (κ1) is 9.54. The molecule has 3 aromatic rings. The first-order valence-electron chi connectivity index (χ1n) is 4.81. The fourth-order valence-electron chi connectivity index (χ4n) is 1.84. The van der Waals surface area contributed by atoms with E-state index < -0.39 is 0 Å².